The fourth-order valence-corrected chi connectivity index (χ4v) is 2.58. The van der Waals surface area contributed by atoms with Crippen molar-refractivity contribution >= 4 is 21.9 Å². The Balaban J connectivity index is 0.000000290. The van der Waals surface area contributed by atoms with Gasteiger partial charge in [-0.25, -0.2) is 0 Å². The van der Waals surface area contributed by atoms with Crippen LogP contribution in [0.3, 0.4) is 0 Å². The van der Waals surface area contributed by atoms with Gasteiger partial charge >= 0.3 is 7.32 Å². The first-order chi connectivity index (χ1) is 14.3. The molecule has 0 fully saturated rings. The van der Waals surface area contributed by atoms with Crippen molar-refractivity contribution in [3.05, 3.63) is 121 Å². The van der Waals surface area contributed by atoms with E-state index in [0.29, 0.717) is 17.2 Å². The van der Waals surface area contributed by atoms with Crippen LogP contribution in [-0.2, 0) is 0 Å². The Morgan fingerprint density at radius 3 is 0.931 bits per heavy atom. The van der Waals surface area contributed by atoms with Crippen LogP contribution < -0.4 is 19.3 Å². The summed E-state index contributed by atoms with van der Waals surface area (Å²) in [4.78, 5) is 0. The van der Waals surface area contributed by atoms with Gasteiger partial charge in [0.15, 0.2) is 0 Å². The minimum atomic E-state index is -0.868. The van der Waals surface area contributed by atoms with E-state index in [1.165, 1.54) is 5.30 Å². The Morgan fingerprint density at radius 2 is 0.690 bits per heavy atom. The molecular formula is C24H22BO3P. The molecule has 0 aromatic heterocycles. The average Bonchev–Trinajstić information content (AvgIpc) is 2.77. The second-order valence-electron chi connectivity index (χ2n) is 5.99. The van der Waals surface area contributed by atoms with Crippen LogP contribution in [0.25, 0.3) is 0 Å². The highest BCUT2D eigenvalue weighted by molar-refractivity contribution is 7.27. The van der Waals surface area contributed by atoms with Crippen LogP contribution in [0.2, 0.25) is 0 Å². The molecule has 4 aromatic carbocycles. The topological polar surface area (TPSA) is 27.7 Å². The highest BCUT2D eigenvalue weighted by atomic mass is 31.0. The molecule has 1 unspecified atom stereocenters. The van der Waals surface area contributed by atoms with E-state index in [-0.39, 0.29) is 0 Å². The molecule has 4 rings (SSSR count). The summed E-state index contributed by atoms with van der Waals surface area (Å²) in [5.74, 6) is 2.04. The average molecular weight is 400 g/mol. The number of hydrogen-bond acceptors (Lipinski definition) is 3. The number of para-hydroxylation sites is 3. The van der Waals surface area contributed by atoms with Gasteiger partial charge in [-0.05, 0) is 41.7 Å². The summed E-state index contributed by atoms with van der Waals surface area (Å²) >= 11 is 0. The Kier molecular flexibility index (Phi) is 8.19. The van der Waals surface area contributed by atoms with Crippen LogP contribution in [0.1, 0.15) is 0 Å². The molecule has 0 radical (unpaired) electrons. The van der Waals surface area contributed by atoms with Crippen molar-refractivity contribution in [3.63, 3.8) is 0 Å². The first-order valence-corrected chi connectivity index (χ1v) is 9.83. The summed E-state index contributed by atoms with van der Waals surface area (Å²) in [6.07, 6.45) is 0. The summed E-state index contributed by atoms with van der Waals surface area (Å²) < 4.78 is 17.3. The maximum Gasteiger partial charge on any atom is 0.864 e. The van der Waals surface area contributed by atoms with Crippen molar-refractivity contribution in [1.29, 1.82) is 0 Å². The van der Waals surface area contributed by atoms with Gasteiger partial charge in [-0.2, -0.15) is 0 Å². The standard InChI is InChI=1S/C18H15BO3.C6H7P/c1-4-10-16(11-5-1)20-19(21-17-12-6-2-7-13-17)22-18-14-8-3-9-15-18;7-6-4-2-1-3-5-6/h1-15H;1-5H,7H2. The van der Waals surface area contributed by atoms with Gasteiger partial charge in [0, 0.05) is 0 Å². The van der Waals surface area contributed by atoms with Crippen LogP contribution in [0.15, 0.2) is 121 Å². The third kappa shape index (κ3) is 7.73. The molecule has 5 heteroatoms. The molecule has 4 aromatic rings. The zero-order chi connectivity index (χ0) is 20.2. The van der Waals surface area contributed by atoms with Gasteiger partial charge in [0.05, 0.1) is 0 Å². The van der Waals surface area contributed by atoms with Gasteiger partial charge in [-0.3, -0.25) is 0 Å². The van der Waals surface area contributed by atoms with E-state index in [9.17, 15) is 0 Å². The molecule has 0 aliphatic rings. The summed E-state index contributed by atoms with van der Waals surface area (Å²) in [5.41, 5.74) is 0. The van der Waals surface area contributed by atoms with Crippen LogP contribution in [-0.4, -0.2) is 7.32 Å². The summed E-state index contributed by atoms with van der Waals surface area (Å²) in [7, 11) is 1.76. The predicted octanol–water partition coefficient (Wildman–Crippen LogP) is 5.40. The van der Waals surface area contributed by atoms with E-state index in [2.05, 4.69) is 9.24 Å². The third-order valence-electron chi connectivity index (χ3n) is 3.73. The quantitative estimate of drug-likeness (QED) is 0.321. The lowest BCUT2D eigenvalue weighted by Gasteiger charge is -2.16. The predicted molar refractivity (Wildman–Crippen MR) is 123 cm³/mol. The molecule has 1 atom stereocenters. The first-order valence-electron chi connectivity index (χ1n) is 9.25. The fraction of sp³-hybridized carbons (Fsp3) is 0. The molecule has 0 spiro atoms. The van der Waals surface area contributed by atoms with Crippen molar-refractivity contribution in [1.82, 2.24) is 0 Å². The molecule has 29 heavy (non-hydrogen) atoms. The Bertz CT molecular complexity index is 840. The zero-order valence-corrected chi connectivity index (χ0v) is 17.1. The van der Waals surface area contributed by atoms with Crippen molar-refractivity contribution in [3.8, 4) is 17.2 Å². The van der Waals surface area contributed by atoms with Gasteiger partial charge in [0.25, 0.3) is 0 Å². The smallest absolute Gasteiger partial charge is 0.490 e. The third-order valence-corrected chi connectivity index (χ3v) is 4.11. The molecule has 0 aliphatic carbocycles. The Labute approximate surface area is 174 Å². The van der Waals surface area contributed by atoms with E-state index >= 15 is 0 Å². The minimum Gasteiger partial charge on any atom is -0.490 e. The lowest BCUT2D eigenvalue weighted by atomic mass is 10.2. The lowest BCUT2D eigenvalue weighted by molar-refractivity contribution is 0.307. The maximum absolute atomic E-state index is 5.78. The van der Waals surface area contributed by atoms with Gasteiger partial charge in [0.1, 0.15) is 17.2 Å². The van der Waals surface area contributed by atoms with Crippen LogP contribution in [0.4, 0.5) is 0 Å². The SMILES string of the molecule is Pc1ccccc1.c1ccc(OB(Oc2ccccc2)Oc2ccccc2)cc1. The summed E-state index contributed by atoms with van der Waals surface area (Å²) in [6, 6.07) is 38.5. The van der Waals surface area contributed by atoms with Gasteiger partial charge < -0.3 is 14.0 Å². The van der Waals surface area contributed by atoms with E-state index < -0.39 is 7.32 Å². The zero-order valence-electron chi connectivity index (χ0n) is 15.9. The normalized spacial score (nSPS) is 9.55. The molecule has 0 aliphatic heterocycles. The van der Waals surface area contributed by atoms with Crippen molar-refractivity contribution in [2.75, 3.05) is 0 Å². The van der Waals surface area contributed by atoms with Gasteiger partial charge in [0.2, 0.25) is 0 Å². The van der Waals surface area contributed by atoms with Crippen LogP contribution in [0.5, 0.6) is 17.2 Å². The number of rotatable bonds is 6. The highest BCUT2D eigenvalue weighted by Crippen LogP contribution is 2.17. The second-order valence-corrected chi connectivity index (χ2v) is 6.66. The second kappa shape index (κ2) is 11.6. The van der Waals surface area contributed by atoms with E-state index in [1.807, 2.05) is 121 Å². The minimum absolute atomic E-state index is 0.680. The fourth-order valence-electron chi connectivity index (χ4n) is 2.36. The Morgan fingerprint density at radius 1 is 0.414 bits per heavy atom. The first kappa shape index (κ1) is 20.5. The summed E-state index contributed by atoms with van der Waals surface area (Å²) in [5, 5.41) is 1.24. The molecule has 0 saturated carbocycles. The van der Waals surface area contributed by atoms with Crippen molar-refractivity contribution < 1.29 is 14.0 Å². The molecule has 0 amide bonds. The van der Waals surface area contributed by atoms with Crippen molar-refractivity contribution in [2.24, 2.45) is 0 Å². The molecule has 0 bridgehead atoms. The van der Waals surface area contributed by atoms with E-state index in [1.54, 1.807) is 0 Å². The Hall–Kier alpha value is -3.23. The largest absolute Gasteiger partial charge is 0.864 e. The lowest BCUT2D eigenvalue weighted by Crippen LogP contribution is -2.36. The summed E-state index contributed by atoms with van der Waals surface area (Å²) in [6.45, 7) is 0. The van der Waals surface area contributed by atoms with E-state index in [4.69, 9.17) is 14.0 Å². The number of benzene rings is 4. The van der Waals surface area contributed by atoms with Crippen LogP contribution in [0, 0.1) is 0 Å². The molecular weight excluding hydrogens is 378 g/mol. The molecule has 0 N–H and O–H groups in total. The molecule has 0 heterocycles. The molecule has 0 saturated heterocycles. The van der Waals surface area contributed by atoms with Gasteiger partial charge in [-0.15, -0.1) is 9.24 Å². The van der Waals surface area contributed by atoms with E-state index in [0.717, 1.165) is 0 Å². The maximum atomic E-state index is 5.78. The van der Waals surface area contributed by atoms with Crippen LogP contribution >= 0.6 is 9.24 Å². The van der Waals surface area contributed by atoms with Gasteiger partial charge in [-0.1, -0.05) is 84.9 Å². The highest BCUT2D eigenvalue weighted by Gasteiger charge is 2.29. The monoisotopic (exact) mass is 400 g/mol. The number of hydrogen-bond donors (Lipinski definition) is 0. The molecule has 144 valence electrons. The molecule has 3 nitrogen and oxygen atoms in total. The van der Waals surface area contributed by atoms with Crippen molar-refractivity contribution in [2.45, 2.75) is 0 Å².